The largest absolute Gasteiger partial charge is 0.383 e. The Morgan fingerprint density at radius 3 is 2.25 bits per heavy atom. The first-order valence-corrected chi connectivity index (χ1v) is 12.3. The van der Waals surface area contributed by atoms with Crippen LogP contribution in [0.4, 0.5) is 11.5 Å². The average molecular weight is 474 g/mol. The number of unbranched alkanes of at least 4 members (excludes halogenated alkanes) is 1. The highest BCUT2D eigenvalue weighted by Gasteiger charge is 2.31. The number of carbonyl (C=O) groups excluding carboxylic acids is 1. The number of nitrogens with one attached hydrogen (secondary N) is 1. The zero-order chi connectivity index (χ0) is 24.1. The van der Waals surface area contributed by atoms with Gasteiger partial charge in [-0.05, 0) is 12.8 Å². The number of nitrogen functional groups attached to an aromatic ring is 1. The number of carbonyl (C=O) groups is 1. The van der Waals surface area contributed by atoms with Crippen molar-refractivity contribution in [1.29, 1.82) is 0 Å². The van der Waals surface area contributed by atoms with E-state index < -0.39 is 21.5 Å². The minimum Gasteiger partial charge on any atom is -0.383 e. The molecule has 0 atom stereocenters. The predicted molar refractivity (Wildman–Crippen MR) is 124 cm³/mol. The quantitative estimate of drug-likeness (QED) is 0.447. The molecule has 1 saturated heterocycles. The van der Waals surface area contributed by atoms with Gasteiger partial charge in [-0.3, -0.25) is 24.0 Å². The number of hydrogen-bond acceptors (Lipinski definition) is 7. The van der Waals surface area contributed by atoms with E-state index in [0.717, 1.165) is 6.42 Å². The smallest absolute Gasteiger partial charge is 0.330 e. The highest BCUT2D eigenvalue weighted by atomic mass is 32.2. The molecule has 0 aliphatic carbocycles. The maximum absolute atomic E-state index is 13.2. The molecule has 0 spiro atoms. The normalized spacial score (nSPS) is 15.9. The zero-order valence-electron chi connectivity index (χ0n) is 19.3. The van der Waals surface area contributed by atoms with Gasteiger partial charge in [-0.15, -0.1) is 0 Å². The zero-order valence-corrected chi connectivity index (χ0v) is 20.2. The number of amides is 1. The van der Waals surface area contributed by atoms with Gasteiger partial charge in [0.1, 0.15) is 5.82 Å². The molecule has 32 heavy (non-hydrogen) atoms. The second-order valence-electron chi connectivity index (χ2n) is 8.01. The lowest BCUT2D eigenvalue weighted by Gasteiger charge is -2.35. The highest BCUT2D eigenvalue weighted by Crippen LogP contribution is 2.19. The first-order chi connectivity index (χ1) is 15.0. The lowest BCUT2D eigenvalue weighted by atomic mass is 10.2. The number of aromatic nitrogens is 2. The number of piperazine rings is 1. The van der Waals surface area contributed by atoms with Gasteiger partial charge in [0.25, 0.3) is 15.8 Å². The van der Waals surface area contributed by atoms with Gasteiger partial charge < -0.3 is 10.6 Å². The molecule has 0 aromatic carbocycles. The second-order valence-corrected chi connectivity index (χ2v) is 10.2. The van der Waals surface area contributed by atoms with Crippen LogP contribution in [0, 0.1) is 0 Å². The Hall–Kier alpha value is -2.22. The van der Waals surface area contributed by atoms with Crippen molar-refractivity contribution < 1.29 is 13.2 Å². The lowest BCUT2D eigenvalue weighted by molar-refractivity contribution is -0.120. The number of anilines is 2. The van der Waals surface area contributed by atoms with Gasteiger partial charge in [-0.2, -0.15) is 17.0 Å². The van der Waals surface area contributed by atoms with Crippen LogP contribution in [-0.4, -0.2) is 90.8 Å². The van der Waals surface area contributed by atoms with Crippen LogP contribution < -0.4 is 21.9 Å². The Bertz CT molecular complexity index is 1010. The summed E-state index contributed by atoms with van der Waals surface area (Å²) in [5, 5.41) is 0. The van der Waals surface area contributed by atoms with Crippen molar-refractivity contribution >= 4 is 27.6 Å². The van der Waals surface area contributed by atoms with Crippen molar-refractivity contribution in [3.05, 3.63) is 20.8 Å². The van der Waals surface area contributed by atoms with Crippen molar-refractivity contribution in [2.24, 2.45) is 0 Å². The maximum atomic E-state index is 13.2. The predicted octanol–water partition coefficient (Wildman–Crippen LogP) is -0.914. The van der Waals surface area contributed by atoms with E-state index in [-0.39, 0.29) is 37.0 Å². The van der Waals surface area contributed by atoms with Crippen LogP contribution in [0.3, 0.4) is 0 Å². The molecule has 13 heteroatoms. The summed E-state index contributed by atoms with van der Waals surface area (Å²) in [7, 11) is -0.533. The Morgan fingerprint density at radius 1 is 1.09 bits per heavy atom. The van der Waals surface area contributed by atoms with Gasteiger partial charge in [0.05, 0.1) is 6.54 Å². The number of nitrogens with two attached hydrogens (primary N) is 1. The molecule has 1 aromatic rings. The fraction of sp³-hybridized carbons (Fsp3) is 0.737. The minimum absolute atomic E-state index is 0.00896. The molecule has 1 aliphatic heterocycles. The van der Waals surface area contributed by atoms with Crippen LogP contribution in [0.1, 0.15) is 33.1 Å². The van der Waals surface area contributed by atoms with Crippen molar-refractivity contribution in [2.45, 2.75) is 39.7 Å². The van der Waals surface area contributed by atoms with E-state index in [0.29, 0.717) is 39.0 Å². The molecule has 2 rings (SSSR count). The Kier molecular flexibility index (Phi) is 9.01. The van der Waals surface area contributed by atoms with Crippen molar-refractivity contribution in [2.75, 3.05) is 64.0 Å². The lowest BCUT2D eigenvalue weighted by Crippen LogP contribution is -2.54. The molecule has 2 heterocycles. The Balaban J connectivity index is 2.23. The number of hydrogen-bond donors (Lipinski definition) is 2. The molecule has 1 aliphatic rings. The van der Waals surface area contributed by atoms with E-state index in [2.05, 4.69) is 4.98 Å². The molecular formula is C19H35N7O5S. The molecule has 0 unspecified atom stereocenters. The van der Waals surface area contributed by atoms with E-state index in [1.165, 1.54) is 32.2 Å². The van der Waals surface area contributed by atoms with E-state index in [4.69, 9.17) is 5.73 Å². The van der Waals surface area contributed by atoms with E-state index >= 15 is 0 Å². The van der Waals surface area contributed by atoms with Gasteiger partial charge in [-0.25, -0.2) is 4.79 Å². The van der Waals surface area contributed by atoms with Crippen molar-refractivity contribution in [3.8, 4) is 0 Å². The van der Waals surface area contributed by atoms with Gasteiger partial charge in [-0.1, -0.05) is 20.3 Å². The summed E-state index contributed by atoms with van der Waals surface area (Å²) in [6, 6.07) is 0. The fourth-order valence-electron chi connectivity index (χ4n) is 3.59. The third kappa shape index (κ3) is 5.77. The van der Waals surface area contributed by atoms with Gasteiger partial charge in [0, 0.05) is 53.4 Å². The van der Waals surface area contributed by atoms with Crippen LogP contribution in [-0.2, 0) is 21.5 Å². The summed E-state index contributed by atoms with van der Waals surface area (Å²) < 4.78 is 28.4. The fourth-order valence-corrected chi connectivity index (χ4v) is 4.67. The summed E-state index contributed by atoms with van der Waals surface area (Å²) >= 11 is 0. The van der Waals surface area contributed by atoms with Gasteiger partial charge in [0.2, 0.25) is 5.91 Å². The third-order valence-corrected chi connectivity index (χ3v) is 7.39. The molecule has 0 saturated carbocycles. The first-order valence-electron chi connectivity index (χ1n) is 10.9. The molecule has 0 radical (unpaired) electrons. The summed E-state index contributed by atoms with van der Waals surface area (Å²) in [5.74, 6) is -0.340. The van der Waals surface area contributed by atoms with Gasteiger partial charge in [0.15, 0.2) is 5.69 Å². The maximum Gasteiger partial charge on any atom is 0.330 e. The molecule has 3 N–H and O–H groups in total. The molecule has 1 fully saturated rings. The number of aromatic amines is 1. The SMILES string of the molecule is CCCCN(C(=O)CN1CCN(S(=O)(=O)N(C)C)CC1)c1c(N)n(CCC)c(=O)[nH]c1=O. The number of rotatable bonds is 10. The summed E-state index contributed by atoms with van der Waals surface area (Å²) in [6.07, 6.45) is 2.10. The van der Waals surface area contributed by atoms with Crippen LogP contribution in [0.5, 0.6) is 0 Å². The summed E-state index contributed by atoms with van der Waals surface area (Å²) in [6.45, 7) is 5.81. The van der Waals surface area contributed by atoms with Gasteiger partial charge >= 0.3 is 5.69 Å². The van der Waals surface area contributed by atoms with Crippen LogP contribution >= 0.6 is 0 Å². The van der Waals surface area contributed by atoms with Crippen molar-refractivity contribution in [1.82, 2.24) is 23.1 Å². The van der Waals surface area contributed by atoms with E-state index in [1.807, 2.05) is 18.7 Å². The number of nitrogens with zero attached hydrogens (tertiary/aromatic N) is 5. The van der Waals surface area contributed by atoms with Crippen LogP contribution in [0.15, 0.2) is 9.59 Å². The van der Waals surface area contributed by atoms with Crippen LogP contribution in [0.2, 0.25) is 0 Å². The Morgan fingerprint density at radius 2 is 1.72 bits per heavy atom. The molecular weight excluding hydrogens is 438 g/mol. The second kappa shape index (κ2) is 11.1. The van der Waals surface area contributed by atoms with Crippen LogP contribution in [0.25, 0.3) is 0 Å². The van der Waals surface area contributed by atoms with Crippen molar-refractivity contribution in [3.63, 3.8) is 0 Å². The molecule has 0 bridgehead atoms. The Labute approximate surface area is 188 Å². The number of H-pyrrole nitrogens is 1. The molecule has 1 amide bonds. The molecule has 12 nitrogen and oxygen atoms in total. The summed E-state index contributed by atoms with van der Waals surface area (Å²) in [5.41, 5.74) is 4.87. The monoisotopic (exact) mass is 473 g/mol. The molecule has 182 valence electrons. The standard InChI is InChI=1S/C19H35N7O5S/c1-5-7-9-25(16-17(20)26(8-6-2)19(29)21-18(16)28)15(27)14-23-10-12-24(13-11-23)32(30,31)22(3)4/h5-14,20H2,1-4H3,(H,21,28,29). The van der Waals surface area contributed by atoms with E-state index in [9.17, 15) is 22.8 Å². The summed E-state index contributed by atoms with van der Waals surface area (Å²) in [4.78, 5) is 43.4. The average Bonchev–Trinajstić information content (AvgIpc) is 2.73. The molecule has 1 aromatic heterocycles. The highest BCUT2D eigenvalue weighted by molar-refractivity contribution is 7.86. The first kappa shape index (κ1) is 26.0. The topological polar surface area (TPSA) is 145 Å². The van der Waals surface area contributed by atoms with E-state index in [1.54, 1.807) is 0 Å². The minimum atomic E-state index is -3.50. The third-order valence-electron chi connectivity index (χ3n) is 5.45.